The molecule has 0 bridgehead atoms. The van der Waals surface area contributed by atoms with Crippen molar-refractivity contribution in [2.24, 2.45) is 0 Å². The Bertz CT molecular complexity index is 318. The van der Waals surface area contributed by atoms with Crippen molar-refractivity contribution in [2.45, 2.75) is 43.4 Å². The summed E-state index contributed by atoms with van der Waals surface area (Å²) in [5.74, 6) is 0.275. The average Bonchev–Trinajstić information content (AvgIpc) is 2.86. The molecule has 0 saturated carbocycles. The number of aliphatic carboxylic acids is 1. The Hall–Kier alpha value is -0.910. The van der Waals surface area contributed by atoms with Gasteiger partial charge in [-0.3, -0.25) is 0 Å². The Labute approximate surface area is 111 Å². The van der Waals surface area contributed by atoms with E-state index in [-0.39, 0.29) is 6.03 Å². The van der Waals surface area contributed by atoms with Crippen molar-refractivity contribution in [2.75, 3.05) is 18.8 Å². The molecular weight excluding hydrogens is 252 g/mol. The molecular formula is C12H20N2O3S. The highest BCUT2D eigenvalue weighted by Gasteiger charge is 2.34. The first-order valence-corrected chi connectivity index (χ1v) is 7.62. The highest BCUT2D eigenvalue weighted by Crippen LogP contribution is 2.24. The van der Waals surface area contributed by atoms with Gasteiger partial charge in [-0.2, -0.15) is 11.8 Å². The number of carbonyl (C=O) groups excluding carboxylic acids is 1. The Kier molecular flexibility index (Phi) is 4.74. The van der Waals surface area contributed by atoms with Crippen molar-refractivity contribution >= 4 is 23.8 Å². The smallest absolute Gasteiger partial charge is 0.326 e. The predicted molar refractivity (Wildman–Crippen MR) is 70.9 cm³/mol. The van der Waals surface area contributed by atoms with Gasteiger partial charge in [-0.25, -0.2) is 9.59 Å². The zero-order chi connectivity index (χ0) is 13.0. The minimum atomic E-state index is -0.894. The topological polar surface area (TPSA) is 69.6 Å². The Morgan fingerprint density at radius 3 is 2.78 bits per heavy atom. The summed E-state index contributed by atoms with van der Waals surface area (Å²) in [6.45, 7) is 1.22. The van der Waals surface area contributed by atoms with Gasteiger partial charge in [0.25, 0.3) is 0 Å². The molecule has 2 atom stereocenters. The van der Waals surface area contributed by atoms with Crippen LogP contribution in [0.4, 0.5) is 4.79 Å². The zero-order valence-electron chi connectivity index (χ0n) is 10.4. The highest BCUT2D eigenvalue weighted by atomic mass is 32.2. The van der Waals surface area contributed by atoms with Crippen LogP contribution >= 0.6 is 11.8 Å². The Morgan fingerprint density at radius 1 is 1.28 bits per heavy atom. The molecule has 2 aliphatic heterocycles. The monoisotopic (exact) mass is 272 g/mol. The third-order valence-electron chi connectivity index (χ3n) is 3.55. The van der Waals surface area contributed by atoms with Crippen LogP contribution in [0.1, 0.15) is 32.1 Å². The maximum absolute atomic E-state index is 11.9. The third-order valence-corrected chi connectivity index (χ3v) is 4.95. The minimum Gasteiger partial charge on any atom is -0.480 e. The van der Waals surface area contributed by atoms with Gasteiger partial charge in [-0.05, 0) is 31.4 Å². The third kappa shape index (κ3) is 3.31. The van der Waals surface area contributed by atoms with Crippen molar-refractivity contribution in [3.8, 4) is 0 Å². The van der Waals surface area contributed by atoms with Crippen LogP contribution in [0.3, 0.4) is 0 Å². The van der Waals surface area contributed by atoms with Gasteiger partial charge in [0.2, 0.25) is 0 Å². The molecule has 0 radical (unpaired) electrons. The molecule has 5 nitrogen and oxygen atoms in total. The molecule has 2 saturated heterocycles. The fourth-order valence-electron chi connectivity index (χ4n) is 2.54. The fraction of sp³-hybridized carbons (Fsp3) is 0.833. The molecule has 2 heterocycles. The van der Waals surface area contributed by atoms with E-state index in [1.54, 1.807) is 0 Å². The van der Waals surface area contributed by atoms with Crippen molar-refractivity contribution in [1.82, 2.24) is 10.2 Å². The van der Waals surface area contributed by atoms with Crippen LogP contribution in [0.15, 0.2) is 0 Å². The van der Waals surface area contributed by atoms with Gasteiger partial charge in [-0.1, -0.05) is 6.42 Å². The molecule has 2 aliphatic rings. The van der Waals surface area contributed by atoms with Crippen LogP contribution in [-0.2, 0) is 4.79 Å². The number of nitrogens with zero attached hydrogens (tertiary/aromatic N) is 1. The first-order chi connectivity index (χ1) is 8.68. The maximum Gasteiger partial charge on any atom is 0.326 e. The van der Waals surface area contributed by atoms with E-state index in [4.69, 9.17) is 5.11 Å². The summed E-state index contributed by atoms with van der Waals surface area (Å²) >= 11 is 1.91. The highest BCUT2D eigenvalue weighted by molar-refractivity contribution is 7.99. The summed E-state index contributed by atoms with van der Waals surface area (Å²) < 4.78 is 0. The molecule has 0 spiro atoms. The molecule has 1 unspecified atom stereocenters. The van der Waals surface area contributed by atoms with Crippen molar-refractivity contribution in [3.05, 3.63) is 0 Å². The van der Waals surface area contributed by atoms with E-state index in [1.165, 1.54) is 23.5 Å². The molecule has 2 rings (SSSR count). The van der Waals surface area contributed by atoms with Crippen LogP contribution in [0.2, 0.25) is 0 Å². The first kappa shape index (κ1) is 13.5. The van der Waals surface area contributed by atoms with Crippen LogP contribution in [0.5, 0.6) is 0 Å². The number of likely N-dealkylation sites (tertiary alicyclic amines) is 1. The molecule has 6 heteroatoms. The molecule has 2 fully saturated rings. The normalized spacial score (nSPS) is 28.1. The quantitative estimate of drug-likeness (QED) is 0.817. The number of hydrogen-bond acceptors (Lipinski definition) is 3. The van der Waals surface area contributed by atoms with E-state index >= 15 is 0 Å². The van der Waals surface area contributed by atoms with Gasteiger partial charge in [-0.15, -0.1) is 0 Å². The first-order valence-electron chi connectivity index (χ1n) is 6.57. The summed E-state index contributed by atoms with van der Waals surface area (Å²) in [5, 5.41) is 12.4. The van der Waals surface area contributed by atoms with Crippen LogP contribution in [0.25, 0.3) is 0 Å². The van der Waals surface area contributed by atoms with Crippen LogP contribution < -0.4 is 5.32 Å². The lowest BCUT2D eigenvalue weighted by Gasteiger charge is -2.25. The van der Waals surface area contributed by atoms with Crippen molar-refractivity contribution in [3.63, 3.8) is 0 Å². The number of hydrogen-bond donors (Lipinski definition) is 2. The second-order valence-electron chi connectivity index (χ2n) is 4.86. The summed E-state index contributed by atoms with van der Waals surface area (Å²) in [7, 11) is 0. The van der Waals surface area contributed by atoms with Gasteiger partial charge in [0, 0.05) is 18.3 Å². The Morgan fingerprint density at radius 2 is 2.11 bits per heavy atom. The zero-order valence-corrected chi connectivity index (χ0v) is 11.2. The van der Waals surface area contributed by atoms with Gasteiger partial charge in [0.15, 0.2) is 0 Å². The van der Waals surface area contributed by atoms with E-state index in [2.05, 4.69) is 5.32 Å². The van der Waals surface area contributed by atoms with E-state index in [0.29, 0.717) is 24.8 Å². The number of thioether (sulfide) groups is 1. The molecule has 0 aliphatic carbocycles. The number of amides is 2. The lowest BCUT2D eigenvalue weighted by atomic mass is 10.2. The summed E-state index contributed by atoms with van der Waals surface area (Å²) in [6.07, 6.45) is 4.99. The summed E-state index contributed by atoms with van der Waals surface area (Å²) in [4.78, 5) is 24.4. The number of carboxylic acids is 1. The van der Waals surface area contributed by atoms with Gasteiger partial charge >= 0.3 is 12.0 Å². The minimum absolute atomic E-state index is 0.217. The lowest BCUT2D eigenvalue weighted by Crippen LogP contribution is -2.47. The molecule has 0 aromatic heterocycles. The number of nitrogens with one attached hydrogen (secondary N) is 1. The second-order valence-corrected chi connectivity index (χ2v) is 6.27. The summed E-state index contributed by atoms with van der Waals surface area (Å²) in [5.41, 5.74) is 0. The average molecular weight is 272 g/mol. The SMILES string of the molecule is O=C(O)[C@@H]1CCCN1C(=O)NCC1CCCCS1. The van der Waals surface area contributed by atoms with E-state index in [1.807, 2.05) is 11.8 Å². The molecule has 2 N–H and O–H groups in total. The van der Waals surface area contributed by atoms with Gasteiger partial charge in [0.1, 0.15) is 6.04 Å². The van der Waals surface area contributed by atoms with Crippen molar-refractivity contribution < 1.29 is 14.7 Å². The van der Waals surface area contributed by atoms with Gasteiger partial charge in [0.05, 0.1) is 0 Å². The Balaban J connectivity index is 1.78. The molecule has 102 valence electrons. The van der Waals surface area contributed by atoms with Gasteiger partial charge < -0.3 is 15.3 Å². The molecule has 0 aromatic rings. The number of carbonyl (C=O) groups is 2. The molecule has 0 aromatic carbocycles. The number of rotatable bonds is 3. The maximum atomic E-state index is 11.9. The van der Waals surface area contributed by atoms with E-state index < -0.39 is 12.0 Å². The standard InChI is InChI=1S/C12H20N2O3S/c15-11(16)10-5-3-6-14(10)12(17)13-8-9-4-1-2-7-18-9/h9-10H,1-8H2,(H,13,17)(H,15,16)/t9?,10-/m0/s1. The second kappa shape index (κ2) is 6.31. The van der Waals surface area contributed by atoms with Crippen LogP contribution in [0, 0.1) is 0 Å². The van der Waals surface area contributed by atoms with Crippen LogP contribution in [-0.4, -0.2) is 52.1 Å². The predicted octanol–water partition coefficient (Wildman–Crippen LogP) is 1.53. The van der Waals surface area contributed by atoms with E-state index in [9.17, 15) is 9.59 Å². The number of urea groups is 1. The summed E-state index contributed by atoms with van der Waals surface area (Å²) in [6, 6.07) is -0.852. The van der Waals surface area contributed by atoms with Crippen molar-refractivity contribution in [1.29, 1.82) is 0 Å². The lowest BCUT2D eigenvalue weighted by molar-refractivity contribution is -0.141. The van der Waals surface area contributed by atoms with E-state index in [0.717, 1.165) is 12.8 Å². The largest absolute Gasteiger partial charge is 0.480 e. The molecule has 18 heavy (non-hydrogen) atoms. The fourth-order valence-corrected chi connectivity index (χ4v) is 3.78. The molecule has 2 amide bonds. The number of carboxylic acid groups (broad SMARTS) is 1.